The van der Waals surface area contributed by atoms with Crippen molar-refractivity contribution in [1.82, 2.24) is 4.90 Å². The Morgan fingerprint density at radius 3 is 2.33 bits per heavy atom. The van der Waals surface area contributed by atoms with Gasteiger partial charge in [-0.1, -0.05) is 30.3 Å². The van der Waals surface area contributed by atoms with E-state index in [4.69, 9.17) is 9.84 Å². The van der Waals surface area contributed by atoms with Gasteiger partial charge in [-0.2, -0.15) is 0 Å². The molecule has 2 aromatic rings. The molecule has 1 atom stereocenters. The van der Waals surface area contributed by atoms with Crippen LogP contribution >= 0.6 is 0 Å². The minimum atomic E-state index is -0.727. The molecule has 1 aliphatic rings. The molecule has 0 saturated carbocycles. The summed E-state index contributed by atoms with van der Waals surface area (Å²) in [7, 11) is 1.54. The van der Waals surface area contributed by atoms with E-state index in [0.717, 1.165) is 5.56 Å². The lowest BCUT2D eigenvalue weighted by molar-refractivity contribution is -0.140. The van der Waals surface area contributed by atoms with Crippen molar-refractivity contribution < 1.29 is 24.5 Å². The van der Waals surface area contributed by atoms with Crippen molar-refractivity contribution in [3.63, 3.8) is 0 Å². The van der Waals surface area contributed by atoms with Crippen LogP contribution in [-0.4, -0.2) is 47.1 Å². The molecule has 140 valence electrons. The Morgan fingerprint density at radius 2 is 1.74 bits per heavy atom. The predicted octanol–water partition coefficient (Wildman–Crippen LogP) is 2.50. The Labute approximate surface area is 157 Å². The zero-order chi connectivity index (χ0) is 19.4. The standard InChI is InChI=1S/C21H21NO5/c1-27-16-10-8-15(9-11-16)19(24)17-18(14-6-3-2-4-7-14)22(12-5-13-23)21(26)20(17)25/h2-4,6-11,18,23-24H,5,12-13H2,1H3/t18-/m1/s1. The van der Waals surface area contributed by atoms with Gasteiger partial charge in [-0.25, -0.2) is 0 Å². The molecule has 0 aromatic heterocycles. The maximum atomic E-state index is 12.7. The zero-order valence-electron chi connectivity index (χ0n) is 15.0. The molecule has 1 aliphatic heterocycles. The van der Waals surface area contributed by atoms with Crippen molar-refractivity contribution in [3.8, 4) is 5.75 Å². The van der Waals surface area contributed by atoms with Crippen LogP contribution in [0.15, 0.2) is 60.2 Å². The Bertz CT molecular complexity index is 858. The number of nitrogens with zero attached hydrogens (tertiary/aromatic N) is 1. The van der Waals surface area contributed by atoms with E-state index in [1.807, 2.05) is 30.3 Å². The van der Waals surface area contributed by atoms with Crippen molar-refractivity contribution in [2.24, 2.45) is 0 Å². The molecule has 1 heterocycles. The molecule has 2 N–H and O–H groups in total. The first-order valence-corrected chi connectivity index (χ1v) is 8.67. The number of carbonyl (C=O) groups excluding carboxylic acids is 2. The average Bonchev–Trinajstić information content (AvgIpc) is 2.97. The largest absolute Gasteiger partial charge is 0.507 e. The highest BCUT2D eigenvalue weighted by molar-refractivity contribution is 6.46. The molecule has 1 amide bonds. The minimum Gasteiger partial charge on any atom is -0.507 e. The maximum absolute atomic E-state index is 12.7. The van der Waals surface area contributed by atoms with Crippen molar-refractivity contribution in [2.75, 3.05) is 20.3 Å². The van der Waals surface area contributed by atoms with Gasteiger partial charge in [0.05, 0.1) is 18.7 Å². The molecular formula is C21H21NO5. The van der Waals surface area contributed by atoms with Gasteiger partial charge in [-0.3, -0.25) is 9.59 Å². The van der Waals surface area contributed by atoms with E-state index in [1.165, 1.54) is 12.0 Å². The van der Waals surface area contributed by atoms with Crippen LogP contribution in [-0.2, 0) is 9.59 Å². The summed E-state index contributed by atoms with van der Waals surface area (Å²) >= 11 is 0. The highest BCUT2D eigenvalue weighted by Crippen LogP contribution is 2.39. The number of hydrogen-bond donors (Lipinski definition) is 2. The second kappa shape index (κ2) is 8.05. The molecule has 0 aliphatic carbocycles. The number of amides is 1. The molecule has 3 rings (SSSR count). The van der Waals surface area contributed by atoms with Gasteiger partial charge in [0.1, 0.15) is 11.5 Å². The smallest absolute Gasteiger partial charge is 0.295 e. The second-order valence-electron chi connectivity index (χ2n) is 6.21. The summed E-state index contributed by atoms with van der Waals surface area (Å²) in [6.07, 6.45) is 0.346. The SMILES string of the molecule is COc1ccc(C(O)=C2C(=O)C(=O)N(CCCO)[C@@H]2c2ccccc2)cc1. The van der Waals surface area contributed by atoms with Crippen molar-refractivity contribution >= 4 is 17.4 Å². The van der Waals surface area contributed by atoms with E-state index in [1.54, 1.807) is 24.3 Å². The number of rotatable bonds is 6. The number of Topliss-reactive ketones (excluding diaryl/α,β-unsaturated/α-hetero) is 1. The number of benzene rings is 2. The lowest BCUT2D eigenvalue weighted by Crippen LogP contribution is -2.31. The predicted molar refractivity (Wildman–Crippen MR) is 100 cm³/mol. The fourth-order valence-electron chi connectivity index (χ4n) is 3.24. The quantitative estimate of drug-likeness (QED) is 0.465. The van der Waals surface area contributed by atoms with Crippen molar-refractivity contribution in [2.45, 2.75) is 12.5 Å². The van der Waals surface area contributed by atoms with Crippen LogP contribution in [0.2, 0.25) is 0 Å². The van der Waals surface area contributed by atoms with Gasteiger partial charge in [0.25, 0.3) is 11.7 Å². The Morgan fingerprint density at radius 1 is 1.07 bits per heavy atom. The third-order valence-corrected chi connectivity index (χ3v) is 4.58. The molecule has 0 bridgehead atoms. The summed E-state index contributed by atoms with van der Waals surface area (Å²) in [5, 5.41) is 20.0. The summed E-state index contributed by atoms with van der Waals surface area (Å²) in [6, 6.07) is 15.0. The number of hydrogen-bond acceptors (Lipinski definition) is 5. The van der Waals surface area contributed by atoms with Gasteiger partial charge in [-0.15, -0.1) is 0 Å². The van der Waals surface area contributed by atoms with Crippen LogP contribution in [0, 0.1) is 0 Å². The lowest BCUT2D eigenvalue weighted by Gasteiger charge is -2.25. The van der Waals surface area contributed by atoms with Crippen LogP contribution in [0.4, 0.5) is 0 Å². The summed E-state index contributed by atoms with van der Waals surface area (Å²) in [4.78, 5) is 26.7. The van der Waals surface area contributed by atoms with E-state index in [9.17, 15) is 14.7 Å². The molecule has 27 heavy (non-hydrogen) atoms. The molecule has 6 heteroatoms. The fourth-order valence-corrected chi connectivity index (χ4v) is 3.24. The van der Waals surface area contributed by atoms with E-state index >= 15 is 0 Å². The Kier molecular flexibility index (Phi) is 5.57. The van der Waals surface area contributed by atoms with Gasteiger partial charge in [0.2, 0.25) is 0 Å². The molecule has 0 unspecified atom stereocenters. The number of likely N-dealkylation sites (tertiary alicyclic amines) is 1. The van der Waals surface area contributed by atoms with Gasteiger partial charge in [0, 0.05) is 18.7 Å². The first kappa shape index (κ1) is 18.7. The summed E-state index contributed by atoms with van der Waals surface area (Å²) in [5.74, 6) is -1.01. The number of ketones is 1. The number of aliphatic hydroxyl groups is 2. The van der Waals surface area contributed by atoms with Crippen LogP contribution in [0.1, 0.15) is 23.6 Å². The van der Waals surface area contributed by atoms with E-state index in [0.29, 0.717) is 17.7 Å². The summed E-state index contributed by atoms with van der Waals surface area (Å²) in [5.41, 5.74) is 1.20. The van der Waals surface area contributed by atoms with Crippen molar-refractivity contribution in [1.29, 1.82) is 0 Å². The zero-order valence-corrected chi connectivity index (χ0v) is 15.0. The van der Waals surface area contributed by atoms with Crippen LogP contribution in [0.5, 0.6) is 5.75 Å². The number of methoxy groups -OCH3 is 1. The molecule has 0 radical (unpaired) electrons. The van der Waals surface area contributed by atoms with Gasteiger partial charge in [-0.05, 0) is 36.2 Å². The maximum Gasteiger partial charge on any atom is 0.295 e. The highest BCUT2D eigenvalue weighted by Gasteiger charge is 2.45. The third-order valence-electron chi connectivity index (χ3n) is 4.58. The molecule has 6 nitrogen and oxygen atoms in total. The fraction of sp³-hybridized carbons (Fsp3) is 0.238. The van der Waals surface area contributed by atoms with Crippen LogP contribution in [0.3, 0.4) is 0 Å². The first-order valence-electron chi connectivity index (χ1n) is 8.67. The summed E-state index contributed by atoms with van der Waals surface area (Å²) in [6.45, 7) is 0.128. The lowest BCUT2D eigenvalue weighted by atomic mass is 9.95. The van der Waals surface area contributed by atoms with Crippen LogP contribution < -0.4 is 4.74 Å². The highest BCUT2D eigenvalue weighted by atomic mass is 16.5. The molecule has 1 fully saturated rings. The molecule has 1 saturated heterocycles. The Balaban J connectivity index is 2.11. The normalized spacial score (nSPS) is 18.7. The second-order valence-corrected chi connectivity index (χ2v) is 6.21. The minimum absolute atomic E-state index is 0.0503. The van der Waals surface area contributed by atoms with Crippen LogP contribution in [0.25, 0.3) is 5.76 Å². The monoisotopic (exact) mass is 367 g/mol. The topological polar surface area (TPSA) is 87.1 Å². The van der Waals surface area contributed by atoms with Gasteiger partial charge >= 0.3 is 0 Å². The van der Waals surface area contributed by atoms with Crippen molar-refractivity contribution in [3.05, 3.63) is 71.3 Å². The first-order chi connectivity index (χ1) is 13.1. The average molecular weight is 367 g/mol. The van der Waals surface area contributed by atoms with E-state index in [-0.39, 0.29) is 24.5 Å². The van der Waals surface area contributed by atoms with Gasteiger partial charge < -0.3 is 19.8 Å². The number of aliphatic hydroxyl groups excluding tert-OH is 2. The summed E-state index contributed by atoms with van der Waals surface area (Å²) < 4.78 is 5.11. The number of carbonyl (C=O) groups is 2. The van der Waals surface area contributed by atoms with Gasteiger partial charge in [0.15, 0.2) is 0 Å². The number of ether oxygens (including phenoxy) is 1. The molecular weight excluding hydrogens is 346 g/mol. The third kappa shape index (κ3) is 3.57. The van der Waals surface area contributed by atoms with E-state index < -0.39 is 17.7 Å². The molecule has 2 aromatic carbocycles. The Hall–Kier alpha value is -3.12. The van der Waals surface area contributed by atoms with E-state index in [2.05, 4.69) is 0 Å². The molecule has 0 spiro atoms.